The molecule has 1 aliphatic carbocycles. The van der Waals surface area contributed by atoms with Gasteiger partial charge in [0, 0.05) is 12.5 Å². The van der Waals surface area contributed by atoms with Gasteiger partial charge < -0.3 is 4.90 Å². The Balaban J connectivity index is 2.22. The Morgan fingerprint density at radius 2 is 2.06 bits per heavy atom. The van der Waals surface area contributed by atoms with E-state index in [1.165, 1.54) is 32.1 Å². The summed E-state index contributed by atoms with van der Waals surface area (Å²) < 4.78 is 0. The fraction of sp³-hybridized carbons (Fsp3) is 0.917. The quantitative estimate of drug-likeness (QED) is 0.410. The molecule has 0 aromatic heterocycles. The lowest BCUT2D eigenvalue weighted by molar-refractivity contribution is -0.121. The summed E-state index contributed by atoms with van der Waals surface area (Å²) in [5.41, 5.74) is 2.18. The summed E-state index contributed by atoms with van der Waals surface area (Å²) in [4.78, 5) is 13.5. The molecule has 0 spiro atoms. The summed E-state index contributed by atoms with van der Waals surface area (Å²) in [6.07, 6.45) is 8.24. The van der Waals surface area contributed by atoms with Gasteiger partial charge in [-0.25, -0.2) is 5.84 Å². The molecule has 0 aromatic rings. The van der Waals surface area contributed by atoms with Crippen LogP contribution in [0.4, 0.5) is 0 Å². The third-order valence-electron chi connectivity index (χ3n) is 3.51. The van der Waals surface area contributed by atoms with Crippen LogP contribution >= 0.6 is 0 Å². The van der Waals surface area contributed by atoms with Gasteiger partial charge >= 0.3 is 0 Å². The highest BCUT2D eigenvalue weighted by Gasteiger charge is 2.19. The van der Waals surface area contributed by atoms with E-state index in [4.69, 9.17) is 5.84 Å². The lowest BCUT2D eigenvalue weighted by atomic mass is 9.94. The molecule has 0 radical (unpaired) electrons. The van der Waals surface area contributed by atoms with Crippen LogP contribution in [0.1, 0.15) is 51.9 Å². The molecule has 1 rings (SSSR count). The number of carbonyl (C=O) groups excluding carboxylic acids is 1. The first-order chi connectivity index (χ1) is 7.77. The second-order valence-electron chi connectivity index (χ2n) is 4.59. The van der Waals surface area contributed by atoms with E-state index in [9.17, 15) is 4.79 Å². The number of hydrogen-bond donors (Lipinski definition) is 2. The van der Waals surface area contributed by atoms with Gasteiger partial charge in [-0.15, -0.1) is 0 Å². The van der Waals surface area contributed by atoms with Crippen molar-refractivity contribution in [3.05, 3.63) is 0 Å². The van der Waals surface area contributed by atoms with E-state index in [2.05, 4.69) is 17.2 Å². The molecule has 0 heterocycles. The van der Waals surface area contributed by atoms with Crippen molar-refractivity contribution in [2.75, 3.05) is 13.1 Å². The van der Waals surface area contributed by atoms with Crippen molar-refractivity contribution in [3.8, 4) is 0 Å². The number of nitrogens with zero attached hydrogens (tertiary/aromatic N) is 1. The van der Waals surface area contributed by atoms with E-state index in [0.29, 0.717) is 6.42 Å². The number of amides is 1. The summed E-state index contributed by atoms with van der Waals surface area (Å²) in [5, 5.41) is 0. The van der Waals surface area contributed by atoms with Gasteiger partial charge in [0.05, 0.1) is 0 Å². The normalized spacial score (nSPS) is 17.7. The van der Waals surface area contributed by atoms with Crippen LogP contribution < -0.4 is 11.3 Å². The highest BCUT2D eigenvalue weighted by Crippen LogP contribution is 2.22. The molecule has 94 valence electrons. The molecule has 0 saturated heterocycles. The largest absolute Gasteiger partial charge is 0.301 e. The molecule has 1 fully saturated rings. The highest BCUT2D eigenvalue weighted by molar-refractivity contribution is 5.75. The number of hydrazine groups is 1. The molecule has 4 nitrogen and oxygen atoms in total. The van der Waals surface area contributed by atoms with Crippen molar-refractivity contribution >= 4 is 5.91 Å². The molecule has 0 aliphatic heterocycles. The molecule has 3 N–H and O–H groups in total. The monoisotopic (exact) mass is 227 g/mol. The first-order valence-corrected chi connectivity index (χ1v) is 6.51. The zero-order valence-electron chi connectivity index (χ0n) is 10.4. The van der Waals surface area contributed by atoms with Crippen LogP contribution in [-0.4, -0.2) is 29.9 Å². The van der Waals surface area contributed by atoms with E-state index >= 15 is 0 Å². The number of nitrogens with one attached hydrogen (secondary N) is 1. The van der Waals surface area contributed by atoms with Crippen LogP contribution in [-0.2, 0) is 4.79 Å². The summed E-state index contributed by atoms with van der Waals surface area (Å²) in [5.74, 6) is 5.00. The zero-order valence-corrected chi connectivity index (χ0v) is 10.4. The number of hydrogen-bond acceptors (Lipinski definition) is 3. The van der Waals surface area contributed by atoms with Crippen molar-refractivity contribution in [1.82, 2.24) is 10.3 Å². The molecule has 4 heteroatoms. The highest BCUT2D eigenvalue weighted by atomic mass is 16.2. The molecular formula is C12H25N3O. The molecule has 0 atom stereocenters. The van der Waals surface area contributed by atoms with Gasteiger partial charge in [-0.05, 0) is 32.4 Å². The Hall–Kier alpha value is -0.610. The molecule has 1 amide bonds. The Kier molecular flexibility index (Phi) is 6.42. The first-order valence-electron chi connectivity index (χ1n) is 6.51. The minimum Gasteiger partial charge on any atom is -0.301 e. The van der Waals surface area contributed by atoms with Crippen LogP contribution in [0.5, 0.6) is 0 Å². The lowest BCUT2D eigenvalue weighted by Crippen LogP contribution is -2.38. The molecule has 0 bridgehead atoms. The second-order valence-corrected chi connectivity index (χ2v) is 4.59. The molecule has 0 aromatic carbocycles. The van der Waals surface area contributed by atoms with Gasteiger partial charge in [0.1, 0.15) is 0 Å². The molecular weight excluding hydrogens is 202 g/mol. The molecule has 0 unspecified atom stereocenters. The summed E-state index contributed by atoms with van der Waals surface area (Å²) in [6.45, 7) is 4.32. The van der Waals surface area contributed by atoms with E-state index < -0.39 is 0 Å². The van der Waals surface area contributed by atoms with Gasteiger partial charge in [-0.3, -0.25) is 10.2 Å². The Bertz CT molecular complexity index is 202. The van der Waals surface area contributed by atoms with Crippen LogP contribution in [0.25, 0.3) is 0 Å². The number of carbonyl (C=O) groups is 1. The fourth-order valence-electron chi connectivity index (χ4n) is 2.56. The Labute approximate surface area is 98.5 Å². The van der Waals surface area contributed by atoms with Crippen molar-refractivity contribution in [3.63, 3.8) is 0 Å². The third kappa shape index (κ3) is 4.49. The maximum absolute atomic E-state index is 11.0. The van der Waals surface area contributed by atoms with Gasteiger partial charge in [0.25, 0.3) is 0 Å². The predicted octanol–water partition coefficient (Wildman–Crippen LogP) is 1.41. The van der Waals surface area contributed by atoms with Crippen molar-refractivity contribution in [2.45, 2.75) is 57.9 Å². The van der Waals surface area contributed by atoms with Crippen LogP contribution in [0.3, 0.4) is 0 Å². The minimum absolute atomic E-state index is 0.0558. The van der Waals surface area contributed by atoms with Crippen molar-refractivity contribution < 1.29 is 4.79 Å². The van der Waals surface area contributed by atoms with Crippen LogP contribution in [0.15, 0.2) is 0 Å². The van der Waals surface area contributed by atoms with Gasteiger partial charge in [0.2, 0.25) is 5.91 Å². The standard InChI is InChI=1S/C12H25N3O/c1-2-15(10-6-9-12(16)14-13)11-7-4-3-5-8-11/h11H,2-10,13H2,1H3,(H,14,16). The topological polar surface area (TPSA) is 58.4 Å². The smallest absolute Gasteiger partial charge is 0.233 e. The van der Waals surface area contributed by atoms with Gasteiger partial charge in [-0.2, -0.15) is 0 Å². The molecule has 16 heavy (non-hydrogen) atoms. The van der Waals surface area contributed by atoms with Crippen molar-refractivity contribution in [2.24, 2.45) is 5.84 Å². The van der Waals surface area contributed by atoms with Gasteiger partial charge in [-0.1, -0.05) is 26.2 Å². The minimum atomic E-state index is -0.0558. The fourth-order valence-corrected chi connectivity index (χ4v) is 2.56. The van der Waals surface area contributed by atoms with Gasteiger partial charge in [0.15, 0.2) is 0 Å². The average Bonchev–Trinajstić information content (AvgIpc) is 2.35. The summed E-state index contributed by atoms with van der Waals surface area (Å²) in [7, 11) is 0. The first kappa shape index (κ1) is 13.5. The van der Waals surface area contributed by atoms with E-state index in [-0.39, 0.29) is 5.91 Å². The summed E-state index contributed by atoms with van der Waals surface area (Å²) >= 11 is 0. The van der Waals surface area contributed by atoms with Crippen LogP contribution in [0, 0.1) is 0 Å². The maximum Gasteiger partial charge on any atom is 0.233 e. The summed E-state index contributed by atoms with van der Waals surface area (Å²) in [6, 6.07) is 0.750. The number of rotatable bonds is 6. The third-order valence-corrected chi connectivity index (χ3v) is 3.51. The second kappa shape index (κ2) is 7.63. The van der Waals surface area contributed by atoms with E-state index in [1.807, 2.05) is 0 Å². The Morgan fingerprint density at radius 3 is 2.62 bits per heavy atom. The lowest BCUT2D eigenvalue weighted by Gasteiger charge is -2.33. The predicted molar refractivity (Wildman–Crippen MR) is 65.7 cm³/mol. The number of nitrogens with two attached hydrogens (primary N) is 1. The zero-order chi connectivity index (χ0) is 11.8. The Morgan fingerprint density at radius 1 is 1.38 bits per heavy atom. The molecule has 1 saturated carbocycles. The SMILES string of the molecule is CCN(CCCC(=O)NN)C1CCCCC1. The molecule has 1 aliphatic rings. The van der Waals surface area contributed by atoms with Crippen LogP contribution in [0.2, 0.25) is 0 Å². The van der Waals surface area contributed by atoms with E-state index in [0.717, 1.165) is 25.6 Å². The van der Waals surface area contributed by atoms with E-state index in [1.54, 1.807) is 0 Å². The maximum atomic E-state index is 11.0. The average molecular weight is 227 g/mol. The van der Waals surface area contributed by atoms with Crippen molar-refractivity contribution in [1.29, 1.82) is 0 Å².